The van der Waals surface area contributed by atoms with E-state index in [1.54, 1.807) is 19.1 Å². The predicted octanol–water partition coefficient (Wildman–Crippen LogP) is 1.63. The van der Waals surface area contributed by atoms with Crippen molar-refractivity contribution < 1.29 is 14.7 Å². The highest BCUT2D eigenvalue weighted by Gasteiger charge is 2.09. The van der Waals surface area contributed by atoms with Crippen molar-refractivity contribution in [2.75, 3.05) is 18.4 Å². The summed E-state index contributed by atoms with van der Waals surface area (Å²) in [7, 11) is 0. The Hall–Kier alpha value is -1.88. The molecule has 1 aromatic carbocycles. The predicted molar refractivity (Wildman–Crippen MR) is 69.9 cm³/mol. The van der Waals surface area contributed by atoms with Crippen molar-refractivity contribution in [1.82, 2.24) is 5.32 Å². The Morgan fingerprint density at radius 1 is 1.33 bits per heavy atom. The molecule has 18 heavy (non-hydrogen) atoms. The first kappa shape index (κ1) is 14.2. The molecule has 1 amide bonds. The third-order valence-corrected chi connectivity index (χ3v) is 2.46. The Kier molecular flexibility index (Phi) is 5.32. The topological polar surface area (TPSA) is 78.4 Å². The van der Waals surface area contributed by atoms with E-state index in [9.17, 15) is 9.59 Å². The van der Waals surface area contributed by atoms with E-state index in [1.807, 2.05) is 6.92 Å². The fraction of sp³-hybridized carbons (Fsp3) is 0.385. The number of hydrogen-bond donors (Lipinski definition) is 3. The number of aromatic carboxylic acids is 1. The van der Waals surface area contributed by atoms with Gasteiger partial charge in [-0.25, -0.2) is 4.79 Å². The molecule has 0 aliphatic heterocycles. The lowest BCUT2D eigenvalue weighted by Gasteiger charge is -2.08. The van der Waals surface area contributed by atoms with Crippen molar-refractivity contribution in [3.63, 3.8) is 0 Å². The molecular formula is C13H18N2O3. The number of carbonyl (C=O) groups is 2. The number of aryl methyl sites for hydroxylation is 1. The van der Waals surface area contributed by atoms with Crippen molar-refractivity contribution in [3.05, 3.63) is 29.3 Å². The number of nitrogens with one attached hydrogen (secondary N) is 2. The van der Waals surface area contributed by atoms with Crippen molar-refractivity contribution in [2.24, 2.45) is 0 Å². The number of carbonyl (C=O) groups excluding carboxylic acids is 1. The first-order chi connectivity index (χ1) is 8.54. The molecule has 0 spiro atoms. The zero-order valence-electron chi connectivity index (χ0n) is 10.6. The Bertz CT molecular complexity index is 444. The first-order valence-corrected chi connectivity index (χ1v) is 5.89. The Labute approximate surface area is 106 Å². The summed E-state index contributed by atoms with van der Waals surface area (Å²) in [6.45, 7) is 4.74. The van der Waals surface area contributed by atoms with E-state index in [4.69, 9.17) is 5.11 Å². The molecule has 0 fully saturated rings. The lowest BCUT2D eigenvalue weighted by molar-refractivity contribution is -0.115. The summed E-state index contributed by atoms with van der Waals surface area (Å²) in [5.41, 5.74) is 1.38. The van der Waals surface area contributed by atoms with Gasteiger partial charge in [-0.1, -0.05) is 13.0 Å². The molecule has 5 nitrogen and oxygen atoms in total. The van der Waals surface area contributed by atoms with Gasteiger partial charge in [0.05, 0.1) is 12.1 Å². The maximum atomic E-state index is 11.5. The first-order valence-electron chi connectivity index (χ1n) is 5.89. The summed E-state index contributed by atoms with van der Waals surface area (Å²) in [4.78, 5) is 22.5. The van der Waals surface area contributed by atoms with Crippen molar-refractivity contribution in [1.29, 1.82) is 0 Å². The molecule has 0 saturated heterocycles. The molecule has 98 valence electrons. The highest BCUT2D eigenvalue weighted by atomic mass is 16.4. The molecular weight excluding hydrogens is 232 g/mol. The molecule has 0 atom stereocenters. The van der Waals surface area contributed by atoms with Gasteiger partial charge in [-0.15, -0.1) is 0 Å². The fourth-order valence-corrected chi connectivity index (χ4v) is 1.51. The number of hydrogen-bond acceptors (Lipinski definition) is 3. The lowest BCUT2D eigenvalue weighted by Crippen LogP contribution is -2.28. The zero-order chi connectivity index (χ0) is 13.5. The van der Waals surface area contributed by atoms with Gasteiger partial charge < -0.3 is 15.7 Å². The van der Waals surface area contributed by atoms with E-state index in [0.717, 1.165) is 13.0 Å². The average Bonchev–Trinajstić information content (AvgIpc) is 2.31. The molecule has 0 bridgehead atoms. The van der Waals surface area contributed by atoms with Gasteiger partial charge in [0.25, 0.3) is 0 Å². The standard InChI is InChI=1S/C13H18N2O3/c1-3-6-14-8-12(16)15-10-5-4-9(2)11(7-10)13(17)18/h4-5,7,14H,3,6,8H2,1-2H3,(H,15,16)(H,17,18). The van der Waals surface area contributed by atoms with Gasteiger partial charge in [-0.05, 0) is 37.6 Å². The van der Waals surface area contributed by atoms with Crippen molar-refractivity contribution >= 4 is 17.6 Å². The van der Waals surface area contributed by atoms with E-state index in [2.05, 4.69) is 10.6 Å². The van der Waals surface area contributed by atoms with Crippen molar-refractivity contribution in [3.8, 4) is 0 Å². The number of amides is 1. The third-order valence-electron chi connectivity index (χ3n) is 2.46. The minimum atomic E-state index is -0.993. The highest BCUT2D eigenvalue weighted by molar-refractivity contribution is 5.95. The lowest BCUT2D eigenvalue weighted by atomic mass is 10.1. The molecule has 0 radical (unpaired) electrons. The molecule has 0 aliphatic rings. The van der Waals surface area contributed by atoms with Crippen LogP contribution in [0.2, 0.25) is 0 Å². The number of carboxylic acid groups (broad SMARTS) is 1. The normalized spacial score (nSPS) is 10.1. The Morgan fingerprint density at radius 2 is 2.06 bits per heavy atom. The molecule has 3 N–H and O–H groups in total. The maximum Gasteiger partial charge on any atom is 0.336 e. The molecule has 0 unspecified atom stereocenters. The smallest absolute Gasteiger partial charge is 0.336 e. The summed E-state index contributed by atoms with van der Waals surface area (Å²) >= 11 is 0. The summed E-state index contributed by atoms with van der Waals surface area (Å²) < 4.78 is 0. The van der Waals surface area contributed by atoms with Crippen molar-refractivity contribution in [2.45, 2.75) is 20.3 Å². The van der Waals surface area contributed by atoms with Gasteiger partial charge >= 0.3 is 5.97 Å². The third kappa shape index (κ3) is 4.18. The molecule has 1 aromatic rings. The van der Waals surface area contributed by atoms with E-state index in [-0.39, 0.29) is 18.0 Å². The number of benzene rings is 1. The quantitative estimate of drug-likeness (QED) is 0.670. The van der Waals surface area contributed by atoms with E-state index >= 15 is 0 Å². The maximum absolute atomic E-state index is 11.5. The van der Waals surface area contributed by atoms with Crippen LogP contribution in [0.1, 0.15) is 29.3 Å². The minimum Gasteiger partial charge on any atom is -0.478 e. The van der Waals surface area contributed by atoms with Gasteiger partial charge in [-0.2, -0.15) is 0 Å². The summed E-state index contributed by atoms with van der Waals surface area (Å²) in [5, 5.41) is 14.6. The Balaban J connectivity index is 2.65. The van der Waals surface area contributed by atoms with Crippen LogP contribution < -0.4 is 10.6 Å². The second-order valence-electron chi connectivity index (χ2n) is 4.06. The molecule has 1 rings (SSSR count). The van der Waals surface area contributed by atoms with E-state index < -0.39 is 5.97 Å². The van der Waals surface area contributed by atoms with Gasteiger partial charge in [0.2, 0.25) is 5.91 Å². The molecule has 0 saturated carbocycles. The van der Waals surface area contributed by atoms with Crippen LogP contribution in [0.3, 0.4) is 0 Å². The van der Waals surface area contributed by atoms with Gasteiger partial charge in [0.15, 0.2) is 0 Å². The van der Waals surface area contributed by atoms with Crippen LogP contribution in [0.4, 0.5) is 5.69 Å². The van der Waals surface area contributed by atoms with Crippen LogP contribution >= 0.6 is 0 Å². The number of rotatable bonds is 6. The second-order valence-corrected chi connectivity index (χ2v) is 4.06. The summed E-state index contributed by atoms with van der Waals surface area (Å²) in [6, 6.07) is 4.84. The monoisotopic (exact) mass is 250 g/mol. The SMILES string of the molecule is CCCNCC(=O)Nc1ccc(C)c(C(=O)O)c1. The Morgan fingerprint density at radius 3 is 2.67 bits per heavy atom. The number of anilines is 1. The van der Waals surface area contributed by atoms with Crippen LogP contribution in [0.5, 0.6) is 0 Å². The highest BCUT2D eigenvalue weighted by Crippen LogP contribution is 2.15. The van der Waals surface area contributed by atoms with E-state index in [0.29, 0.717) is 11.3 Å². The zero-order valence-corrected chi connectivity index (χ0v) is 10.6. The van der Waals surface area contributed by atoms with Crippen LogP contribution in [-0.4, -0.2) is 30.1 Å². The average molecular weight is 250 g/mol. The van der Waals surface area contributed by atoms with Gasteiger partial charge in [0.1, 0.15) is 0 Å². The van der Waals surface area contributed by atoms with Crippen LogP contribution in [0, 0.1) is 6.92 Å². The molecule has 0 heterocycles. The fourth-order valence-electron chi connectivity index (χ4n) is 1.51. The summed E-state index contributed by atoms with van der Waals surface area (Å²) in [6.07, 6.45) is 0.959. The van der Waals surface area contributed by atoms with Gasteiger partial charge in [-0.3, -0.25) is 4.79 Å². The van der Waals surface area contributed by atoms with Crippen LogP contribution in [-0.2, 0) is 4.79 Å². The second kappa shape index (κ2) is 6.76. The van der Waals surface area contributed by atoms with E-state index in [1.165, 1.54) is 6.07 Å². The van der Waals surface area contributed by atoms with Crippen LogP contribution in [0.25, 0.3) is 0 Å². The number of carboxylic acids is 1. The summed E-state index contributed by atoms with van der Waals surface area (Å²) in [5.74, 6) is -1.17. The molecule has 0 aliphatic carbocycles. The molecule has 5 heteroatoms. The molecule has 0 aromatic heterocycles. The minimum absolute atomic E-state index is 0.177. The van der Waals surface area contributed by atoms with Gasteiger partial charge in [0, 0.05) is 5.69 Å². The largest absolute Gasteiger partial charge is 0.478 e. The van der Waals surface area contributed by atoms with Crippen LogP contribution in [0.15, 0.2) is 18.2 Å².